The van der Waals surface area contributed by atoms with E-state index >= 15 is 0 Å². The molecule has 0 aliphatic rings. The molecule has 140 valence electrons. The first kappa shape index (κ1) is 21.1. The third-order valence-corrected chi connectivity index (χ3v) is 4.72. The molecule has 2 aromatic heterocycles. The van der Waals surface area contributed by atoms with E-state index in [1.165, 1.54) is 22.7 Å². The van der Waals surface area contributed by atoms with Gasteiger partial charge in [-0.1, -0.05) is 15.9 Å². The fourth-order valence-corrected chi connectivity index (χ4v) is 3.21. The van der Waals surface area contributed by atoms with Crippen molar-refractivity contribution in [3.63, 3.8) is 0 Å². The minimum atomic E-state index is -1.41. The number of carboxylic acid groups (broad SMARTS) is 1. The Morgan fingerprint density at radius 1 is 1.14 bits per heavy atom. The number of benzene rings is 2. The Balaban J connectivity index is 0.00000240. The third-order valence-electron chi connectivity index (χ3n) is 4.23. The van der Waals surface area contributed by atoms with Gasteiger partial charge in [0, 0.05) is 21.7 Å². The monoisotopic (exact) mass is 447 g/mol. The van der Waals surface area contributed by atoms with Crippen LogP contribution in [0, 0.1) is 5.82 Å². The molecule has 0 bridgehead atoms. The Kier molecular flexibility index (Phi) is 6.08. The number of rotatable bonds is 4. The molecule has 0 aliphatic carbocycles. The van der Waals surface area contributed by atoms with E-state index in [9.17, 15) is 14.3 Å². The van der Waals surface area contributed by atoms with Crippen molar-refractivity contribution in [3.05, 3.63) is 70.6 Å². The summed E-state index contributed by atoms with van der Waals surface area (Å²) in [7, 11) is 1.56. The van der Waals surface area contributed by atoms with Crippen molar-refractivity contribution < 1.29 is 37.9 Å². The average molecular weight is 448 g/mol. The first-order chi connectivity index (χ1) is 13.5. The van der Waals surface area contributed by atoms with Gasteiger partial charge in [-0.05, 0) is 48.5 Å². The van der Waals surface area contributed by atoms with Gasteiger partial charge in [0.25, 0.3) is 0 Å². The second kappa shape index (κ2) is 8.37. The van der Waals surface area contributed by atoms with Crippen molar-refractivity contribution in [2.24, 2.45) is 0 Å². The second-order valence-corrected chi connectivity index (χ2v) is 6.88. The smallest absolute Gasteiger partial charge is 0.543 e. The van der Waals surface area contributed by atoms with E-state index in [0.29, 0.717) is 27.2 Å². The van der Waals surface area contributed by atoms with Crippen LogP contribution in [0.2, 0.25) is 0 Å². The van der Waals surface area contributed by atoms with Gasteiger partial charge in [0.05, 0.1) is 30.2 Å². The number of methoxy groups -OCH3 is 1. The van der Waals surface area contributed by atoms with Crippen LogP contribution >= 0.6 is 15.9 Å². The number of hydrogen-bond donors (Lipinski definition) is 0. The molecule has 0 atom stereocenters. The van der Waals surface area contributed by atoms with Gasteiger partial charge in [0.15, 0.2) is 5.65 Å². The SMILES string of the molecule is COc1ccc(-c2cc(C(=O)[O-])nc3cc(-c4ccc(Br)cc4F)nn23)cc1.[Li+]. The van der Waals surface area contributed by atoms with Gasteiger partial charge >= 0.3 is 18.9 Å². The number of carbonyl (C=O) groups is 1. The molecular weight excluding hydrogens is 436 g/mol. The van der Waals surface area contributed by atoms with Crippen molar-refractivity contribution >= 4 is 27.5 Å². The molecule has 4 rings (SSSR count). The first-order valence-corrected chi connectivity index (χ1v) is 8.97. The molecule has 0 spiro atoms. The topological polar surface area (TPSA) is 79.5 Å². The molecule has 0 saturated heterocycles. The number of aromatic nitrogens is 3. The van der Waals surface area contributed by atoms with Gasteiger partial charge in [-0.3, -0.25) is 0 Å². The number of nitrogens with zero attached hydrogens (tertiary/aromatic N) is 3. The number of ether oxygens (including phenoxy) is 1. The molecule has 4 aromatic rings. The molecule has 0 fully saturated rings. The van der Waals surface area contributed by atoms with Gasteiger partial charge < -0.3 is 14.6 Å². The zero-order chi connectivity index (χ0) is 19.8. The van der Waals surface area contributed by atoms with E-state index in [1.54, 1.807) is 43.5 Å². The number of carboxylic acids is 1. The molecule has 0 N–H and O–H groups in total. The van der Waals surface area contributed by atoms with Gasteiger partial charge in [-0.15, -0.1) is 0 Å². The quantitative estimate of drug-likeness (QED) is 0.421. The molecule has 0 unspecified atom stereocenters. The summed E-state index contributed by atoms with van der Waals surface area (Å²) in [5, 5.41) is 15.9. The zero-order valence-corrected chi connectivity index (χ0v) is 17.1. The van der Waals surface area contributed by atoms with E-state index in [1.807, 2.05) is 0 Å². The molecule has 2 aromatic carbocycles. The molecule has 0 amide bonds. The largest absolute Gasteiger partial charge is 1.00 e. The van der Waals surface area contributed by atoms with Crippen LogP contribution in [0.25, 0.3) is 28.2 Å². The summed E-state index contributed by atoms with van der Waals surface area (Å²) >= 11 is 3.22. The van der Waals surface area contributed by atoms with Crippen LogP contribution < -0.4 is 28.7 Å². The first-order valence-electron chi connectivity index (χ1n) is 8.18. The van der Waals surface area contributed by atoms with E-state index in [-0.39, 0.29) is 35.8 Å². The van der Waals surface area contributed by atoms with Crippen LogP contribution in [0.15, 0.2) is 59.1 Å². The molecule has 0 saturated carbocycles. The fourth-order valence-electron chi connectivity index (χ4n) is 2.88. The van der Waals surface area contributed by atoms with Crippen LogP contribution in [0.3, 0.4) is 0 Å². The van der Waals surface area contributed by atoms with Crippen LogP contribution in [0.1, 0.15) is 10.5 Å². The van der Waals surface area contributed by atoms with Crippen LogP contribution in [0.5, 0.6) is 5.75 Å². The Bertz CT molecular complexity index is 1210. The van der Waals surface area contributed by atoms with Crippen LogP contribution in [-0.2, 0) is 0 Å². The van der Waals surface area contributed by atoms with Gasteiger partial charge in [-0.25, -0.2) is 13.9 Å². The number of hydrogen-bond acceptors (Lipinski definition) is 5. The number of fused-ring (bicyclic) bond motifs is 1. The maximum absolute atomic E-state index is 14.4. The zero-order valence-electron chi connectivity index (χ0n) is 15.5. The van der Waals surface area contributed by atoms with E-state index < -0.39 is 11.8 Å². The summed E-state index contributed by atoms with van der Waals surface area (Å²) in [5.74, 6) is -1.20. The van der Waals surface area contributed by atoms with Crippen LogP contribution in [0.4, 0.5) is 4.39 Å². The van der Waals surface area contributed by atoms with Gasteiger partial charge in [0.2, 0.25) is 0 Å². The van der Waals surface area contributed by atoms with Crippen LogP contribution in [-0.4, -0.2) is 27.7 Å². The number of carbonyl (C=O) groups excluding carboxylic acids is 1. The van der Waals surface area contributed by atoms with Crippen molar-refractivity contribution in [2.75, 3.05) is 7.11 Å². The minimum Gasteiger partial charge on any atom is -0.543 e. The van der Waals surface area contributed by atoms with Crippen molar-refractivity contribution in [1.82, 2.24) is 14.6 Å². The molecule has 0 radical (unpaired) electrons. The van der Waals surface area contributed by atoms with Crippen molar-refractivity contribution in [2.45, 2.75) is 0 Å². The van der Waals surface area contributed by atoms with E-state index in [4.69, 9.17) is 4.74 Å². The normalized spacial score (nSPS) is 10.6. The van der Waals surface area contributed by atoms with Gasteiger partial charge in [0.1, 0.15) is 11.6 Å². The summed E-state index contributed by atoms with van der Waals surface area (Å²) in [6, 6.07) is 14.6. The summed E-state index contributed by atoms with van der Waals surface area (Å²) in [5.41, 5.74) is 1.83. The predicted octanol–water partition coefficient (Wildman–Crippen LogP) is 0.341. The Hall–Kier alpha value is -2.66. The average Bonchev–Trinajstić information content (AvgIpc) is 3.11. The summed E-state index contributed by atoms with van der Waals surface area (Å²) < 4.78 is 21.6. The molecule has 2 heterocycles. The molecule has 6 nitrogen and oxygen atoms in total. The van der Waals surface area contributed by atoms with Crippen molar-refractivity contribution in [3.8, 4) is 28.3 Å². The Labute approximate surface area is 185 Å². The second-order valence-electron chi connectivity index (χ2n) is 5.97. The number of halogens is 2. The van der Waals surface area contributed by atoms with Gasteiger partial charge in [-0.2, -0.15) is 5.10 Å². The molecular formula is C20H12BrFLiN3O3. The molecule has 0 aliphatic heterocycles. The standard InChI is InChI=1S/C20H13BrFN3O3.Li/c1-28-13-5-2-11(3-6-13)18-9-17(20(26)27)23-19-10-16(24-25(18)19)14-7-4-12(21)8-15(14)22;/h2-10H,1H3,(H,26,27);/q;+1/p-1. The summed E-state index contributed by atoms with van der Waals surface area (Å²) in [6.45, 7) is 0. The molecule has 29 heavy (non-hydrogen) atoms. The summed E-state index contributed by atoms with van der Waals surface area (Å²) in [6.07, 6.45) is 0. The Morgan fingerprint density at radius 3 is 2.48 bits per heavy atom. The third kappa shape index (κ3) is 4.05. The van der Waals surface area contributed by atoms with E-state index in [2.05, 4.69) is 26.0 Å². The Morgan fingerprint density at radius 2 is 1.86 bits per heavy atom. The number of aromatic carboxylic acids is 1. The van der Waals surface area contributed by atoms with E-state index in [0.717, 1.165) is 0 Å². The molecule has 9 heteroatoms. The minimum absolute atomic E-state index is 0. The maximum Gasteiger partial charge on any atom is 1.00 e. The van der Waals surface area contributed by atoms with Crippen molar-refractivity contribution in [1.29, 1.82) is 0 Å². The maximum atomic E-state index is 14.4. The summed E-state index contributed by atoms with van der Waals surface area (Å²) in [4.78, 5) is 15.5. The fraction of sp³-hybridized carbons (Fsp3) is 0.0500. The predicted molar refractivity (Wildman–Crippen MR) is 102 cm³/mol.